The van der Waals surface area contributed by atoms with Gasteiger partial charge in [0.05, 0.1) is 17.4 Å². The molecule has 150 valence electrons. The first-order valence-corrected chi connectivity index (χ1v) is 10.2. The zero-order chi connectivity index (χ0) is 20.3. The van der Waals surface area contributed by atoms with E-state index in [1.165, 1.54) is 28.4 Å². The second-order valence-corrected chi connectivity index (χ2v) is 8.53. The number of hydrogen-bond acceptors (Lipinski definition) is 8. The van der Waals surface area contributed by atoms with Crippen molar-refractivity contribution in [3.8, 4) is 5.88 Å². The summed E-state index contributed by atoms with van der Waals surface area (Å²) in [6.07, 6.45) is 6.29. The molecule has 0 fully saturated rings. The zero-order valence-electron chi connectivity index (χ0n) is 16.2. The minimum Gasteiger partial charge on any atom is -0.475 e. The van der Waals surface area contributed by atoms with Crippen molar-refractivity contribution in [2.24, 2.45) is 5.92 Å². The second-order valence-electron chi connectivity index (χ2n) is 7.45. The van der Waals surface area contributed by atoms with E-state index in [0.29, 0.717) is 11.7 Å². The third kappa shape index (κ3) is 2.76. The summed E-state index contributed by atoms with van der Waals surface area (Å²) in [6.45, 7) is 4.13. The molecule has 0 aliphatic heterocycles. The summed E-state index contributed by atoms with van der Waals surface area (Å²) in [5, 5.41) is 21.0. The van der Waals surface area contributed by atoms with Crippen LogP contribution in [0.1, 0.15) is 42.6 Å². The van der Waals surface area contributed by atoms with Crippen LogP contribution in [0.2, 0.25) is 0 Å². The van der Waals surface area contributed by atoms with Crippen LogP contribution in [0, 0.1) is 16.0 Å². The van der Waals surface area contributed by atoms with Crippen LogP contribution in [0.25, 0.3) is 15.9 Å². The van der Waals surface area contributed by atoms with Crippen LogP contribution in [-0.4, -0.2) is 41.4 Å². The van der Waals surface area contributed by atoms with E-state index in [2.05, 4.69) is 22.1 Å². The second kappa shape index (κ2) is 6.48. The first-order valence-electron chi connectivity index (χ1n) is 9.39. The van der Waals surface area contributed by atoms with Crippen molar-refractivity contribution >= 4 is 32.9 Å². The van der Waals surface area contributed by atoms with Crippen LogP contribution in [0.4, 0.5) is 5.69 Å². The molecule has 29 heavy (non-hydrogen) atoms. The number of aryl methyl sites for hydroxylation is 1. The first kappa shape index (κ1) is 18.0. The highest BCUT2D eigenvalue weighted by Gasteiger charge is 2.27. The third-order valence-corrected chi connectivity index (χ3v) is 6.65. The van der Waals surface area contributed by atoms with Gasteiger partial charge in [-0.05, 0) is 37.7 Å². The summed E-state index contributed by atoms with van der Waals surface area (Å²) in [5.74, 6) is 1.17. The lowest BCUT2D eigenvalue weighted by molar-refractivity contribution is -0.385. The minimum atomic E-state index is -0.516. The standard InChI is InChI=1S/C18H19N7O3S/c1-9-4-5-11-13(6-9)29-18-14(11)16-20-15(21-24(16)8-19-18)10(2)23-7-12(25(26)27)17(22-23)28-3/h7-10H,4-6H2,1-3H3/t9-,10+/m1/s1. The number of thiophene rings is 1. The van der Waals surface area contributed by atoms with E-state index >= 15 is 0 Å². The Bertz CT molecular complexity index is 1260. The molecule has 11 heteroatoms. The van der Waals surface area contributed by atoms with Gasteiger partial charge in [-0.2, -0.15) is 0 Å². The number of nitrogens with zero attached hydrogens (tertiary/aromatic N) is 7. The SMILES string of the molecule is COc1nn([C@@H](C)c2nc3c4c5c(sc4ncn3n2)C[C@H](C)CC5)cc1[N+](=O)[O-]. The van der Waals surface area contributed by atoms with Crippen molar-refractivity contribution in [3.63, 3.8) is 0 Å². The van der Waals surface area contributed by atoms with Crippen molar-refractivity contribution in [2.75, 3.05) is 7.11 Å². The molecule has 0 spiro atoms. The van der Waals surface area contributed by atoms with Gasteiger partial charge in [0.25, 0.3) is 0 Å². The van der Waals surface area contributed by atoms with Crippen LogP contribution in [-0.2, 0) is 12.8 Å². The molecule has 1 aliphatic rings. The van der Waals surface area contributed by atoms with Crippen molar-refractivity contribution in [1.82, 2.24) is 29.4 Å². The monoisotopic (exact) mass is 413 g/mol. The molecule has 0 N–H and O–H groups in total. The van der Waals surface area contributed by atoms with E-state index in [1.54, 1.807) is 22.2 Å². The summed E-state index contributed by atoms with van der Waals surface area (Å²) in [4.78, 5) is 22.4. The maximum Gasteiger partial charge on any atom is 0.350 e. The average molecular weight is 413 g/mol. The molecule has 4 heterocycles. The quantitative estimate of drug-likeness (QED) is 0.373. The van der Waals surface area contributed by atoms with Crippen LogP contribution >= 0.6 is 11.3 Å². The average Bonchev–Trinajstić information content (AvgIpc) is 3.40. The number of ether oxygens (including phenoxy) is 1. The summed E-state index contributed by atoms with van der Waals surface area (Å²) in [5.41, 5.74) is 1.93. The lowest BCUT2D eigenvalue weighted by Gasteiger charge is -2.17. The van der Waals surface area contributed by atoms with Crippen molar-refractivity contribution in [2.45, 2.75) is 39.2 Å². The van der Waals surface area contributed by atoms with Crippen LogP contribution in [0.3, 0.4) is 0 Å². The normalized spacial score (nSPS) is 17.6. The number of rotatable bonds is 4. The molecule has 4 aromatic rings. The molecule has 10 nitrogen and oxygen atoms in total. The fourth-order valence-corrected chi connectivity index (χ4v) is 5.23. The molecule has 0 bridgehead atoms. The van der Waals surface area contributed by atoms with Gasteiger partial charge >= 0.3 is 11.6 Å². The molecule has 0 aromatic carbocycles. The van der Waals surface area contributed by atoms with Crippen LogP contribution < -0.4 is 4.74 Å². The molecule has 0 amide bonds. The van der Waals surface area contributed by atoms with Gasteiger partial charge in [-0.15, -0.1) is 21.5 Å². The maximum atomic E-state index is 11.2. The fraction of sp³-hybridized carbons (Fsp3) is 0.444. The number of nitro groups is 1. The lowest BCUT2D eigenvalue weighted by Crippen LogP contribution is -2.09. The molecule has 0 saturated carbocycles. The third-order valence-electron chi connectivity index (χ3n) is 5.49. The molecule has 2 atom stereocenters. The van der Waals surface area contributed by atoms with Gasteiger partial charge in [-0.3, -0.25) is 14.8 Å². The Morgan fingerprint density at radius 2 is 2.24 bits per heavy atom. The summed E-state index contributed by atoms with van der Waals surface area (Å²) < 4.78 is 8.17. The van der Waals surface area contributed by atoms with Crippen LogP contribution in [0.5, 0.6) is 5.88 Å². The molecular weight excluding hydrogens is 394 g/mol. The van der Waals surface area contributed by atoms with Gasteiger partial charge in [-0.25, -0.2) is 14.5 Å². The Morgan fingerprint density at radius 3 is 2.97 bits per heavy atom. The first-order chi connectivity index (χ1) is 14.0. The zero-order valence-corrected chi connectivity index (χ0v) is 17.0. The Morgan fingerprint density at radius 1 is 1.41 bits per heavy atom. The van der Waals surface area contributed by atoms with Gasteiger partial charge in [0.1, 0.15) is 23.4 Å². The molecule has 4 aromatic heterocycles. The lowest BCUT2D eigenvalue weighted by atomic mass is 9.89. The number of aromatic nitrogens is 6. The summed E-state index contributed by atoms with van der Waals surface area (Å²) >= 11 is 1.74. The van der Waals surface area contributed by atoms with Gasteiger partial charge in [0.15, 0.2) is 11.5 Å². The molecule has 0 saturated heterocycles. The Labute approximate surface area is 169 Å². The van der Waals surface area contributed by atoms with E-state index in [-0.39, 0.29) is 11.6 Å². The Balaban J connectivity index is 1.61. The highest BCUT2D eigenvalue weighted by Crippen LogP contribution is 2.38. The molecular formula is C18H19N7O3S. The summed E-state index contributed by atoms with van der Waals surface area (Å²) in [6, 6.07) is -0.401. The molecule has 0 unspecified atom stereocenters. The molecule has 5 rings (SSSR count). The van der Waals surface area contributed by atoms with Gasteiger partial charge in [0.2, 0.25) is 0 Å². The smallest absolute Gasteiger partial charge is 0.350 e. The largest absolute Gasteiger partial charge is 0.475 e. The maximum absolute atomic E-state index is 11.2. The van der Waals surface area contributed by atoms with Crippen molar-refractivity contribution in [1.29, 1.82) is 0 Å². The molecule has 0 radical (unpaired) electrons. The van der Waals surface area contributed by atoms with E-state index < -0.39 is 11.0 Å². The number of methoxy groups -OCH3 is 1. The van der Waals surface area contributed by atoms with Crippen LogP contribution in [0.15, 0.2) is 12.5 Å². The fourth-order valence-electron chi connectivity index (χ4n) is 3.89. The Hall–Kier alpha value is -3.08. The van der Waals surface area contributed by atoms with Gasteiger partial charge in [-0.1, -0.05) is 6.92 Å². The minimum absolute atomic E-state index is 0.0318. The molecule has 1 aliphatic carbocycles. The highest BCUT2D eigenvalue weighted by atomic mass is 32.1. The predicted molar refractivity (Wildman–Crippen MR) is 107 cm³/mol. The number of hydrogen-bond donors (Lipinski definition) is 0. The predicted octanol–water partition coefficient (Wildman–Crippen LogP) is 3.19. The van der Waals surface area contributed by atoms with Gasteiger partial charge < -0.3 is 4.74 Å². The van der Waals surface area contributed by atoms with E-state index in [9.17, 15) is 10.1 Å². The van der Waals surface area contributed by atoms with E-state index in [1.807, 2.05) is 6.92 Å². The van der Waals surface area contributed by atoms with E-state index in [0.717, 1.165) is 35.1 Å². The van der Waals surface area contributed by atoms with Gasteiger partial charge in [0, 0.05) is 4.88 Å². The van der Waals surface area contributed by atoms with Crippen molar-refractivity contribution < 1.29 is 9.66 Å². The van der Waals surface area contributed by atoms with E-state index in [4.69, 9.17) is 9.72 Å². The highest BCUT2D eigenvalue weighted by molar-refractivity contribution is 7.19. The summed E-state index contributed by atoms with van der Waals surface area (Å²) in [7, 11) is 1.36. The van der Waals surface area contributed by atoms with Crippen molar-refractivity contribution in [3.05, 3.63) is 38.9 Å². The Kier molecular flexibility index (Phi) is 4.02. The topological polar surface area (TPSA) is 113 Å². The number of fused-ring (bicyclic) bond motifs is 5.